The third-order valence-electron chi connectivity index (χ3n) is 5.16. The van der Waals surface area contributed by atoms with Crippen LogP contribution in [0.25, 0.3) is 11.5 Å². The molecule has 0 radical (unpaired) electrons. The molecule has 170 valence electrons. The molecule has 0 N–H and O–H groups in total. The molecule has 11 heteroatoms. The van der Waals surface area contributed by atoms with Gasteiger partial charge in [-0.15, -0.1) is 10.2 Å². The average molecular weight is 477 g/mol. The number of thioether (sulfide) groups is 1. The lowest BCUT2D eigenvalue weighted by Crippen LogP contribution is -2.35. The molecule has 0 aliphatic carbocycles. The summed E-state index contributed by atoms with van der Waals surface area (Å²) < 4.78 is 38.3. The van der Waals surface area contributed by atoms with Crippen molar-refractivity contribution in [2.24, 2.45) is 0 Å². The molecule has 0 bridgehead atoms. The standard InChI is InChI=1S/C21H24N4O5S2/c1-24(14-17-8-6-12-29-17)19(26)15-31-21-23-22-20(30-21)16-7-5-9-18(13-16)32(27,28)25-10-3-2-4-11-25/h5-9,12-13H,2-4,10-11,14-15H2,1H3. The molecule has 9 nitrogen and oxygen atoms in total. The Kier molecular flexibility index (Phi) is 6.97. The summed E-state index contributed by atoms with van der Waals surface area (Å²) in [5, 5.41) is 8.24. The minimum Gasteiger partial charge on any atom is -0.467 e. The predicted octanol–water partition coefficient (Wildman–Crippen LogP) is 3.25. The Balaban J connectivity index is 1.40. The molecule has 0 spiro atoms. The van der Waals surface area contributed by atoms with Gasteiger partial charge in [-0.05, 0) is 43.2 Å². The number of furan rings is 1. The van der Waals surface area contributed by atoms with E-state index in [0.717, 1.165) is 31.0 Å². The number of carbonyl (C=O) groups is 1. The number of benzene rings is 1. The summed E-state index contributed by atoms with van der Waals surface area (Å²) in [5.41, 5.74) is 0.517. The molecule has 2 aromatic heterocycles. The second kappa shape index (κ2) is 9.88. The lowest BCUT2D eigenvalue weighted by Gasteiger charge is -2.25. The number of carbonyl (C=O) groups excluding carboxylic acids is 1. The van der Waals surface area contributed by atoms with E-state index in [9.17, 15) is 13.2 Å². The lowest BCUT2D eigenvalue weighted by molar-refractivity contribution is -0.127. The van der Waals surface area contributed by atoms with Crippen molar-refractivity contribution in [1.82, 2.24) is 19.4 Å². The number of hydrogen-bond donors (Lipinski definition) is 0. The molecule has 0 unspecified atom stereocenters. The molecule has 0 saturated carbocycles. The fourth-order valence-corrected chi connectivity index (χ4v) is 5.65. The Labute approximate surface area is 190 Å². The maximum atomic E-state index is 12.9. The first-order chi connectivity index (χ1) is 15.4. The zero-order chi connectivity index (χ0) is 22.6. The maximum absolute atomic E-state index is 12.9. The number of nitrogens with zero attached hydrogens (tertiary/aromatic N) is 4. The van der Waals surface area contributed by atoms with Crippen molar-refractivity contribution in [3.05, 3.63) is 48.4 Å². The van der Waals surface area contributed by atoms with E-state index >= 15 is 0 Å². The summed E-state index contributed by atoms with van der Waals surface area (Å²) in [6.45, 7) is 1.45. The van der Waals surface area contributed by atoms with Gasteiger partial charge in [-0.3, -0.25) is 4.79 Å². The van der Waals surface area contributed by atoms with Crippen LogP contribution < -0.4 is 0 Å². The van der Waals surface area contributed by atoms with E-state index in [2.05, 4.69) is 10.2 Å². The van der Waals surface area contributed by atoms with Crippen LogP contribution in [0.5, 0.6) is 0 Å². The van der Waals surface area contributed by atoms with E-state index in [1.165, 1.54) is 4.31 Å². The molecule has 1 aromatic carbocycles. The summed E-state index contributed by atoms with van der Waals surface area (Å²) in [7, 11) is -1.86. The van der Waals surface area contributed by atoms with E-state index in [-0.39, 0.29) is 27.7 Å². The molecule has 32 heavy (non-hydrogen) atoms. The highest BCUT2D eigenvalue weighted by Gasteiger charge is 2.26. The van der Waals surface area contributed by atoms with Crippen LogP contribution in [0, 0.1) is 0 Å². The molecule has 1 amide bonds. The highest BCUT2D eigenvalue weighted by Crippen LogP contribution is 2.27. The molecule has 1 saturated heterocycles. The Morgan fingerprint density at radius 1 is 1.16 bits per heavy atom. The summed E-state index contributed by atoms with van der Waals surface area (Å²) in [6, 6.07) is 10.1. The van der Waals surface area contributed by atoms with Gasteiger partial charge in [0.05, 0.1) is 23.5 Å². The maximum Gasteiger partial charge on any atom is 0.277 e. The normalized spacial score (nSPS) is 15.0. The minimum absolute atomic E-state index is 0.110. The van der Waals surface area contributed by atoms with E-state index in [1.807, 2.05) is 0 Å². The fourth-order valence-electron chi connectivity index (χ4n) is 3.39. The van der Waals surface area contributed by atoms with Crippen LogP contribution in [0.1, 0.15) is 25.0 Å². The van der Waals surface area contributed by atoms with Crippen molar-refractivity contribution >= 4 is 27.7 Å². The summed E-state index contributed by atoms with van der Waals surface area (Å²) >= 11 is 1.13. The predicted molar refractivity (Wildman–Crippen MR) is 118 cm³/mol. The first kappa shape index (κ1) is 22.6. The number of sulfonamides is 1. The molecule has 1 aliphatic heterocycles. The number of hydrogen-bond acceptors (Lipinski definition) is 8. The third-order valence-corrected chi connectivity index (χ3v) is 7.86. The summed E-state index contributed by atoms with van der Waals surface area (Å²) in [4.78, 5) is 14.1. The molecule has 3 aromatic rings. The highest BCUT2D eigenvalue weighted by molar-refractivity contribution is 7.99. The molecule has 3 heterocycles. The molecule has 1 aliphatic rings. The van der Waals surface area contributed by atoms with Gasteiger partial charge in [0.15, 0.2) is 0 Å². The van der Waals surface area contributed by atoms with Crippen LogP contribution in [0.15, 0.2) is 61.6 Å². The first-order valence-corrected chi connectivity index (χ1v) is 12.7. The van der Waals surface area contributed by atoms with E-state index in [4.69, 9.17) is 8.83 Å². The van der Waals surface area contributed by atoms with Crippen LogP contribution in [-0.2, 0) is 21.4 Å². The Morgan fingerprint density at radius 3 is 2.72 bits per heavy atom. The second-order valence-corrected chi connectivity index (χ2v) is 10.3. The van der Waals surface area contributed by atoms with Crippen LogP contribution in [0.2, 0.25) is 0 Å². The quantitative estimate of drug-likeness (QED) is 0.456. The smallest absolute Gasteiger partial charge is 0.277 e. The van der Waals surface area contributed by atoms with Crippen LogP contribution in [-0.4, -0.2) is 59.6 Å². The number of piperidine rings is 1. The average Bonchev–Trinajstić information content (AvgIpc) is 3.50. The van der Waals surface area contributed by atoms with Gasteiger partial charge in [0.25, 0.3) is 5.22 Å². The third kappa shape index (κ3) is 5.22. The number of amides is 1. The fraction of sp³-hybridized carbons (Fsp3) is 0.381. The van der Waals surface area contributed by atoms with Crippen molar-refractivity contribution in [1.29, 1.82) is 0 Å². The van der Waals surface area contributed by atoms with Gasteiger partial charge in [0.1, 0.15) is 5.76 Å². The van der Waals surface area contributed by atoms with Crippen molar-refractivity contribution in [3.63, 3.8) is 0 Å². The number of rotatable bonds is 8. The van der Waals surface area contributed by atoms with Crippen molar-refractivity contribution in [2.75, 3.05) is 25.9 Å². The monoisotopic (exact) mass is 476 g/mol. The Morgan fingerprint density at radius 2 is 1.97 bits per heavy atom. The summed E-state index contributed by atoms with van der Waals surface area (Å²) in [5.74, 6) is 0.924. The van der Waals surface area contributed by atoms with Gasteiger partial charge in [-0.1, -0.05) is 24.2 Å². The molecule has 1 fully saturated rings. The van der Waals surface area contributed by atoms with Crippen LogP contribution >= 0.6 is 11.8 Å². The van der Waals surface area contributed by atoms with E-state index in [0.29, 0.717) is 31.0 Å². The molecular formula is C21H24N4O5S2. The minimum atomic E-state index is -3.56. The zero-order valence-corrected chi connectivity index (χ0v) is 19.3. The Hall–Kier alpha value is -2.63. The van der Waals surface area contributed by atoms with Crippen molar-refractivity contribution in [3.8, 4) is 11.5 Å². The Bertz CT molecular complexity index is 1150. The van der Waals surface area contributed by atoms with Crippen molar-refractivity contribution in [2.45, 2.75) is 35.9 Å². The van der Waals surface area contributed by atoms with Gasteiger partial charge >= 0.3 is 0 Å². The lowest BCUT2D eigenvalue weighted by atomic mass is 10.2. The van der Waals surface area contributed by atoms with E-state index in [1.54, 1.807) is 54.6 Å². The van der Waals surface area contributed by atoms with Gasteiger partial charge in [-0.25, -0.2) is 8.42 Å². The molecule has 0 atom stereocenters. The van der Waals surface area contributed by atoms with Gasteiger partial charge in [-0.2, -0.15) is 4.31 Å². The van der Waals surface area contributed by atoms with E-state index < -0.39 is 10.0 Å². The summed E-state index contributed by atoms with van der Waals surface area (Å²) in [6.07, 6.45) is 4.36. The topological polar surface area (TPSA) is 110 Å². The largest absolute Gasteiger partial charge is 0.467 e. The number of aromatic nitrogens is 2. The second-order valence-electron chi connectivity index (χ2n) is 7.48. The van der Waals surface area contributed by atoms with Gasteiger partial charge in [0.2, 0.25) is 21.8 Å². The van der Waals surface area contributed by atoms with Gasteiger partial charge < -0.3 is 13.7 Å². The van der Waals surface area contributed by atoms with Crippen LogP contribution in [0.4, 0.5) is 0 Å². The van der Waals surface area contributed by atoms with Crippen LogP contribution in [0.3, 0.4) is 0 Å². The van der Waals surface area contributed by atoms with Crippen molar-refractivity contribution < 1.29 is 22.0 Å². The first-order valence-electron chi connectivity index (χ1n) is 10.3. The van der Waals surface area contributed by atoms with Gasteiger partial charge in [0, 0.05) is 25.7 Å². The molecular weight excluding hydrogens is 452 g/mol. The molecule has 4 rings (SSSR count). The SMILES string of the molecule is CN(Cc1ccco1)C(=O)CSc1nnc(-c2cccc(S(=O)(=O)N3CCCCC3)c2)o1. The highest BCUT2D eigenvalue weighted by atomic mass is 32.2. The zero-order valence-electron chi connectivity index (χ0n) is 17.6.